The molecule has 0 aliphatic heterocycles. The average molecular weight is 124 g/mol. The summed E-state index contributed by atoms with van der Waals surface area (Å²) in [6, 6.07) is 0. The number of hydrogen-bond donors (Lipinski definition) is 1. The quantitative estimate of drug-likeness (QED) is 0.511. The second-order valence-electron chi connectivity index (χ2n) is 3.96. The molecule has 3 fully saturated rings. The summed E-state index contributed by atoms with van der Waals surface area (Å²) in [5.41, 5.74) is 0. The van der Waals surface area contributed by atoms with Crippen molar-refractivity contribution in [2.75, 3.05) is 0 Å². The molecule has 0 amide bonds. The number of hydrogen-bond acceptors (Lipinski definition) is 1. The molecule has 0 radical (unpaired) electrons. The molecule has 4 atom stereocenters. The molecule has 1 nitrogen and oxygen atoms in total. The first-order valence-electron chi connectivity index (χ1n) is 4.06. The molecule has 9 heavy (non-hydrogen) atoms. The zero-order valence-electron chi connectivity index (χ0n) is 5.46. The normalized spacial score (nSPS) is 68.3. The molecule has 3 aliphatic carbocycles. The van der Waals surface area contributed by atoms with Crippen LogP contribution in [0.15, 0.2) is 0 Å². The largest absolute Gasteiger partial charge is 0.393 e. The number of aliphatic hydroxyl groups excluding tert-OH is 1. The van der Waals surface area contributed by atoms with E-state index in [0.717, 1.165) is 23.7 Å². The lowest BCUT2D eigenvalue weighted by Crippen LogP contribution is -2.15. The molecule has 0 aromatic rings. The highest BCUT2D eigenvalue weighted by atomic mass is 16.3. The molecule has 3 aliphatic rings. The predicted molar refractivity (Wildman–Crippen MR) is 33.8 cm³/mol. The molecule has 0 aromatic heterocycles. The third kappa shape index (κ3) is 0.389. The maximum absolute atomic E-state index is 9.53. The van der Waals surface area contributed by atoms with E-state index in [2.05, 4.69) is 0 Å². The van der Waals surface area contributed by atoms with Crippen molar-refractivity contribution in [3.8, 4) is 0 Å². The summed E-state index contributed by atoms with van der Waals surface area (Å²) >= 11 is 0. The minimum atomic E-state index is 0.119. The van der Waals surface area contributed by atoms with Crippen molar-refractivity contribution in [3.05, 3.63) is 0 Å². The molecular weight excluding hydrogens is 112 g/mol. The van der Waals surface area contributed by atoms with E-state index in [9.17, 15) is 5.11 Å². The minimum absolute atomic E-state index is 0.119. The van der Waals surface area contributed by atoms with Crippen LogP contribution in [0, 0.1) is 23.7 Å². The van der Waals surface area contributed by atoms with Crippen LogP contribution in [0.2, 0.25) is 0 Å². The van der Waals surface area contributed by atoms with E-state index in [0.29, 0.717) is 0 Å². The fraction of sp³-hybridized carbons (Fsp3) is 1.00. The lowest BCUT2D eigenvalue weighted by molar-refractivity contribution is 0.108. The van der Waals surface area contributed by atoms with Gasteiger partial charge < -0.3 is 5.11 Å². The van der Waals surface area contributed by atoms with E-state index in [4.69, 9.17) is 0 Å². The van der Waals surface area contributed by atoms with Gasteiger partial charge in [-0.05, 0) is 42.9 Å². The first-order valence-corrected chi connectivity index (χ1v) is 4.06. The van der Waals surface area contributed by atoms with Gasteiger partial charge in [-0.2, -0.15) is 0 Å². The van der Waals surface area contributed by atoms with Crippen LogP contribution in [0.5, 0.6) is 0 Å². The van der Waals surface area contributed by atoms with Gasteiger partial charge in [0.25, 0.3) is 0 Å². The predicted octanol–water partition coefficient (Wildman–Crippen LogP) is 1.02. The highest BCUT2D eigenvalue weighted by Crippen LogP contribution is 2.65. The average Bonchev–Trinajstić information content (AvgIpc) is 2.53. The molecule has 2 bridgehead atoms. The van der Waals surface area contributed by atoms with Gasteiger partial charge in [0.15, 0.2) is 0 Å². The summed E-state index contributed by atoms with van der Waals surface area (Å²) in [5.74, 6) is 3.41. The van der Waals surface area contributed by atoms with Gasteiger partial charge >= 0.3 is 0 Å². The Labute approximate surface area is 55.1 Å². The molecule has 0 aromatic carbocycles. The van der Waals surface area contributed by atoms with Gasteiger partial charge in [-0.15, -0.1) is 0 Å². The van der Waals surface area contributed by atoms with E-state index in [-0.39, 0.29) is 6.10 Å². The minimum Gasteiger partial charge on any atom is -0.393 e. The Morgan fingerprint density at radius 3 is 1.78 bits per heavy atom. The topological polar surface area (TPSA) is 20.2 Å². The Balaban J connectivity index is 2.00. The molecule has 50 valence electrons. The SMILES string of the molecule is OC1[C@H]2CC[C@H]1[C@H]1C[C@@H]12. The van der Waals surface area contributed by atoms with Crippen molar-refractivity contribution in [2.24, 2.45) is 23.7 Å². The fourth-order valence-corrected chi connectivity index (χ4v) is 3.20. The summed E-state index contributed by atoms with van der Waals surface area (Å²) in [6.07, 6.45) is 4.22. The van der Waals surface area contributed by atoms with Gasteiger partial charge in [0.05, 0.1) is 6.10 Å². The third-order valence-corrected chi connectivity index (χ3v) is 3.70. The van der Waals surface area contributed by atoms with Crippen molar-refractivity contribution in [3.63, 3.8) is 0 Å². The van der Waals surface area contributed by atoms with Crippen LogP contribution in [-0.4, -0.2) is 11.2 Å². The van der Waals surface area contributed by atoms with Gasteiger partial charge in [-0.25, -0.2) is 0 Å². The molecule has 3 rings (SSSR count). The molecule has 0 heterocycles. The Hall–Kier alpha value is -0.0400. The van der Waals surface area contributed by atoms with Gasteiger partial charge in [0.2, 0.25) is 0 Å². The Morgan fingerprint density at radius 2 is 1.44 bits per heavy atom. The maximum Gasteiger partial charge on any atom is 0.0602 e. The van der Waals surface area contributed by atoms with Crippen molar-refractivity contribution in [2.45, 2.75) is 25.4 Å². The second kappa shape index (κ2) is 1.20. The van der Waals surface area contributed by atoms with Crippen LogP contribution in [-0.2, 0) is 0 Å². The zero-order valence-corrected chi connectivity index (χ0v) is 5.46. The van der Waals surface area contributed by atoms with E-state index in [1.807, 2.05) is 0 Å². The lowest BCUT2D eigenvalue weighted by atomic mass is 10.0. The van der Waals surface area contributed by atoms with Crippen molar-refractivity contribution >= 4 is 0 Å². The van der Waals surface area contributed by atoms with Gasteiger partial charge in [-0.1, -0.05) is 0 Å². The molecule has 1 N–H and O–H groups in total. The monoisotopic (exact) mass is 124 g/mol. The van der Waals surface area contributed by atoms with Crippen LogP contribution in [0.3, 0.4) is 0 Å². The van der Waals surface area contributed by atoms with Crippen molar-refractivity contribution in [1.82, 2.24) is 0 Å². The Kier molecular flexibility index (Phi) is 0.628. The van der Waals surface area contributed by atoms with Crippen LogP contribution in [0.1, 0.15) is 19.3 Å². The van der Waals surface area contributed by atoms with Crippen molar-refractivity contribution < 1.29 is 5.11 Å². The van der Waals surface area contributed by atoms with E-state index in [1.165, 1.54) is 19.3 Å². The second-order valence-corrected chi connectivity index (χ2v) is 3.96. The Bertz CT molecular complexity index is 139. The number of fused-ring (bicyclic) bond motifs is 5. The third-order valence-electron chi connectivity index (χ3n) is 3.70. The first kappa shape index (κ1) is 4.73. The summed E-state index contributed by atoms with van der Waals surface area (Å²) in [7, 11) is 0. The van der Waals surface area contributed by atoms with E-state index < -0.39 is 0 Å². The standard InChI is InChI=1S/C8H12O/c9-8-4-1-2-5(8)7-3-6(4)7/h4-9H,1-3H2/t4-,5-,6+,7+/m0/s1. The fourth-order valence-electron chi connectivity index (χ4n) is 3.20. The zero-order chi connectivity index (χ0) is 6.01. The molecule has 0 unspecified atom stereocenters. The van der Waals surface area contributed by atoms with E-state index in [1.54, 1.807) is 0 Å². The lowest BCUT2D eigenvalue weighted by Gasteiger charge is -2.09. The van der Waals surface area contributed by atoms with Crippen LogP contribution < -0.4 is 0 Å². The molecular formula is C8H12O. The summed E-state index contributed by atoms with van der Waals surface area (Å²) in [5, 5.41) is 9.53. The van der Waals surface area contributed by atoms with Crippen molar-refractivity contribution in [1.29, 1.82) is 0 Å². The molecule has 0 saturated heterocycles. The number of aliphatic hydroxyl groups is 1. The summed E-state index contributed by atoms with van der Waals surface area (Å²) in [4.78, 5) is 0. The molecule has 1 heteroatoms. The van der Waals surface area contributed by atoms with Crippen LogP contribution in [0.25, 0.3) is 0 Å². The first-order chi connectivity index (χ1) is 4.38. The molecule has 3 saturated carbocycles. The van der Waals surface area contributed by atoms with Gasteiger partial charge in [0, 0.05) is 0 Å². The number of rotatable bonds is 0. The highest BCUT2D eigenvalue weighted by molar-refractivity contribution is 5.11. The highest BCUT2D eigenvalue weighted by Gasteiger charge is 2.62. The van der Waals surface area contributed by atoms with E-state index >= 15 is 0 Å². The van der Waals surface area contributed by atoms with Gasteiger partial charge in [0.1, 0.15) is 0 Å². The van der Waals surface area contributed by atoms with Crippen LogP contribution >= 0.6 is 0 Å². The smallest absolute Gasteiger partial charge is 0.0602 e. The summed E-state index contributed by atoms with van der Waals surface area (Å²) < 4.78 is 0. The van der Waals surface area contributed by atoms with Gasteiger partial charge in [-0.3, -0.25) is 0 Å². The summed E-state index contributed by atoms with van der Waals surface area (Å²) in [6.45, 7) is 0. The maximum atomic E-state index is 9.53. The van der Waals surface area contributed by atoms with Crippen LogP contribution in [0.4, 0.5) is 0 Å². The molecule has 0 spiro atoms. The Morgan fingerprint density at radius 1 is 0.889 bits per heavy atom.